The fourth-order valence-electron chi connectivity index (χ4n) is 2.69. The second kappa shape index (κ2) is 4.36. The predicted octanol–water partition coefficient (Wildman–Crippen LogP) is 3.14. The van der Waals surface area contributed by atoms with Crippen LogP contribution < -0.4 is 5.73 Å². The Labute approximate surface area is 92.7 Å². The van der Waals surface area contributed by atoms with Crippen molar-refractivity contribution < 1.29 is 0 Å². The minimum absolute atomic E-state index is 0.450. The van der Waals surface area contributed by atoms with Crippen LogP contribution in [0, 0.1) is 5.41 Å². The van der Waals surface area contributed by atoms with Gasteiger partial charge in [0, 0.05) is 6.04 Å². The third-order valence-electron chi connectivity index (χ3n) is 3.73. The Hall–Kier alpha value is -0.820. The molecule has 1 aromatic carbocycles. The summed E-state index contributed by atoms with van der Waals surface area (Å²) in [5, 5.41) is 0. The second-order valence-electron chi connectivity index (χ2n) is 5.30. The molecule has 0 saturated heterocycles. The average molecular weight is 203 g/mol. The Morgan fingerprint density at radius 1 is 1.33 bits per heavy atom. The van der Waals surface area contributed by atoms with Crippen molar-refractivity contribution in [2.45, 2.75) is 45.1 Å². The van der Waals surface area contributed by atoms with E-state index in [1.807, 2.05) is 0 Å². The molecule has 2 unspecified atom stereocenters. The van der Waals surface area contributed by atoms with Gasteiger partial charge in [-0.15, -0.1) is 0 Å². The van der Waals surface area contributed by atoms with Crippen LogP contribution in [0.5, 0.6) is 0 Å². The molecule has 1 nitrogen and oxygen atoms in total. The molecular weight excluding hydrogens is 182 g/mol. The molecule has 1 heteroatoms. The van der Waals surface area contributed by atoms with E-state index in [1.165, 1.54) is 37.7 Å². The van der Waals surface area contributed by atoms with Crippen molar-refractivity contribution >= 4 is 0 Å². The molecule has 2 atom stereocenters. The van der Waals surface area contributed by atoms with E-state index in [4.69, 9.17) is 5.73 Å². The van der Waals surface area contributed by atoms with Crippen molar-refractivity contribution in [1.82, 2.24) is 0 Å². The lowest BCUT2D eigenvalue weighted by Gasteiger charge is -2.23. The number of hydrogen-bond donors (Lipinski definition) is 1. The van der Waals surface area contributed by atoms with Gasteiger partial charge < -0.3 is 5.73 Å². The number of hydrogen-bond acceptors (Lipinski definition) is 1. The minimum atomic E-state index is 0.450. The van der Waals surface area contributed by atoms with Gasteiger partial charge in [-0.25, -0.2) is 0 Å². The van der Waals surface area contributed by atoms with E-state index in [2.05, 4.69) is 37.3 Å². The highest BCUT2D eigenvalue weighted by Crippen LogP contribution is 2.40. The fourth-order valence-corrected chi connectivity index (χ4v) is 2.69. The molecule has 2 N–H and O–H groups in total. The molecule has 15 heavy (non-hydrogen) atoms. The maximum atomic E-state index is 5.98. The smallest absolute Gasteiger partial charge is 0.00442 e. The van der Waals surface area contributed by atoms with Gasteiger partial charge in [0.05, 0.1) is 0 Å². The standard InChI is InChI=1S/C14H21N/c1-14(10-8-13(15)11-14)9-7-12-5-3-2-4-6-12/h2-6,13H,7-11,15H2,1H3. The topological polar surface area (TPSA) is 26.0 Å². The summed E-state index contributed by atoms with van der Waals surface area (Å²) in [7, 11) is 0. The van der Waals surface area contributed by atoms with E-state index in [0.29, 0.717) is 11.5 Å². The van der Waals surface area contributed by atoms with E-state index in [1.54, 1.807) is 0 Å². The summed E-state index contributed by atoms with van der Waals surface area (Å²) in [6.07, 6.45) is 6.21. The Morgan fingerprint density at radius 3 is 2.67 bits per heavy atom. The van der Waals surface area contributed by atoms with Crippen molar-refractivity contribution in [3.8, 4) is 0 Å². The first-order valence-electron chi connectivity index (χ1n) is 5.97. The van der Waals surface area contributed by atoms with Crippen LogP contribution in [0.25, 0.3) is 0 Å². The molecule has 1 aliphatic carbocycles. The molecule has 0 amide bonds. The van der Waals surface area contributed by atoms with Gasteiger partial charge in [0.25, 0.3) is 0 Å². The third-order valence-corrected chi connectivity index (χ3v) is 3.73. The molecule has 1 aromatic rings. The van der Waals surface area contributed by atoms with Crippen molar-refractivity contribution in [2.75, 3.05) is 0 Å². The maximum absolute atomic E-state index is 5.98. The van der Waals surface area contributed by atoms with Crippen LogP contribution in [0.2, 0.25) is 0 Å². The highest BCUT2D eigenvalue weighted by molar-refractivity contribution is 5.15. The van der Waals surface area contributed by atoms with Gasteiger partial charge in [-0.2, -0.15) is 0 Å². The van der Waals surface area contributed by atoms with Gasteiger partial charge in [-0.3, -0.25) is 0 Å². The van der Waals surface area contributed by atoms with Crippen molar-refractivity contribution in [1.29, 1.82) is 0 Å². The van der Waals surface area contributed by atoms with Crippen molar-refractivity contribution in [3.05, 3.63) is 35.9 Å². The van der Waals surface area contributed by atoms with Gasteiger partial charge in [-0.05, 0) is 43.1 Å². The summed E-state index contributed by atoms with van der Waals surface area (Å²) in [6.45, 7) is 2.39. The highest BCUT2D eigenvalue weighted by atomic mass is 14.7. The first-order chi connectivity index (χ1) is 7.18. The Bertz CT molecular complexity index is 306. The van der Waals surface area contributed by atoms with Crippen LogP contribution in [0.1, 0.15) is 38.2 Å². The fraction of sp³-hybridized carbons (Fsp3) is 0.571. The van der Waals surface area contributed by atoms with Crippen LogP contribution in [0.4, 0.5) is 0 Å². The van der Waals surface area contributed by atoms with Crippen LogP contribution in [-0.2, 0) is 6.42 Å². The Balaban J connectivity index is 1.88. The molecule has 1 fully saturated rings. The zero-order chi connectivity index (χ0) is 10.7. The zero-order valence-corrected chi connectivity index (χ0v) is 9.58. The Kier molecular flexibility index (Phi) is 3.11. The third kappa shape index (κ3) is 2.82. The molecule has 2 rings (SSSR count). The quantitative estimate of drug-likeness (QED) is 0.802. The van der Waals surface area contributed by atoms with Crippen molar-refractivity contribution in [3.63, 3.8) is 0 Å². The molecule has 0 heterocycles. The first-order valence-corrected chi connectivity index (χ1v) is 5.97. The Morgan fingerprint density at radius 2 is 2.07 bits per heavy atom. The summed E-state index contributed by atoms with van der Waals surface area (Å²) in [4.78, 5) is 0. The number of nitrogens with two attached hydrogens (primary N) is 1. The van der Waals surface area contributed by atoms with E-state index < -0.39 is 0 Å². The largest absolute Gasteiger partial charge is 0.328 e. The molecule has 1 aliphatic rings. The summed E-state index contributed by atoms with van der Waals surface area (Å²) in [6, 6.07) is 11.2. The zero-order valence-electron chi connectivity index (χ0n) is 9.58. The molecule has 0 spiro atoms. The van der Waals surface area contributed by atoms with E-state index in [-0.39, 0.29) is 0 Å². The predicted molar refractivity (Wildman–Crippen MR) is 64.7 cm³/mol. The molecule has 82 valence electrons. The average Bonchev–Trinajstić information content (AvgIpc) is 2.58. The highest BCUT2D eigenvalue weighted by Gasteiger charge is 2.32. The SMILES string of the molecule is CC1(CCc2ccccc2)CCC(N)C1. The molecule has 1 saturated carbocycles. The molecular formula is C14H21N. The monoisotopic (exact) mass is 203 g/mol. The minimum Gasteiger partial charge on any atom is -0.328 e. The molecule has 0 aromatic heterocycles. The lowest BCUT2D eigenvalue weighted by atomic mass is 9.82. The van der Waals surface area contributed by atoms with Gasteiger partial charge in [0.1, 0.15) is 0 Å². The normalized spacial score (nSPS) is 30.7. The summed E-state index contributed by atoms with van der Waals surface area (Å²) in [5.74, 6) is 0. The number of aryl methyl sites for hydroxylation is 1. The van der Waals surface area contributed by atoms with Crippen LogP contribution >= 0.6 is 0 Å². The lowest BCUT2D eigenvalue weighted by Crippen LogP contribution is -2.19. The molecule has 0 radical (unpaired) electrons. The summed E-state index contributed by atoms with van der Waals surface area (Å²) >= 11 is 0. The van der Waals surface area contributed by atoms with Gasteiger partial charge >= 0.3 is 0 Å². The van der Waals surface area contributed by atoms with Gasteiger partial charge in [0.2, 0.25) is 0 Å². The maximum Gasteiger partial charge on any atom is 0.00442 e. The second-order valence-corrected chi connectivity index (χ2v) is 5.30. The van der Waals surface area contributed by atoms with E-state index in [0.717, 1.165) is 0 Å². The van der Waals surface area contributed by atoms with E-state index >= 15 is 0 Å². The van der Waals surface area contributed by atoms with Crippen LogP contribution in [0.15, 0.2) is 30.3 Å². The summed E-state index contributed by atoms with van der Waals surface area (Å²) < 4.78 is 0. The molecule has 0 aliphatic heterocycles. The summed E-state index contributed by atoms with van der Waals surface area (Å²) in [5.41, 5.74) is 7.93. The van der Waals surface area contributed by atoms with Crippen LogP contribution in [-0.4, -0.2) is 6.04 Å². The first kappa shape index (κ1) is 10.7. The van der Waals surface area contributed by atoms with Gasteiger partial charge in [-0.1, -0.05) is 37.3 Å². The van der Waals surface area contributed by atoms with Crippen LogP contribution in [0.3, 0.4) is 0 Å². The lowest BCUT2D eigenvalue weighted by molar-refractivity contribution is 0.304. The van der Waals surface area contributed by atoms with Crippen molar-refractivity contribution in [2.24, 2.45) is 11.1 Å². The number of benzene rings is 1. The number of rotatable bonds is 3. The van der Waals surface area contributed by atoms with E-state index in [9.17, 15) is 0 Å². The van der Waals surface area contributed by atoms with Gasteiger partial charge in [0.15, 0.2) is 0 Å². The molecule has 0 bridgehead atoms.